The lowest BCUT2D eigenvalue weighted by atomic mass is 9.96. The minimum Gasteiger partial charge on any atom is -0.497 e. The molecule has 0 unspecified atom stereocenters. The number of piperidine rings is 1. The molecular weight excluding hydrogens is 416 g/mol. The summed E-state index contributed by atoms with van der Waals surface area (Å²) < 4.78 is 10.5. The average Bonchev–Trinajstić information content (AvgIpc) is 2.82. The highest BCUT2D eigenvalue weighted by Gasteiger charge is 2.25. The van der Waals surface area contributed by atoms with E-state index in [1.165, 1.54) is 11.8 Å². The maximum absolute atomic E-state index is 12.8. The Bertz CT molecular complexity index is 916. The predicted molar refractivity (Wildman–Crippen MR) is 121 cm³/mol. The van der Waals surface area contributed by atoms with E-state index in [1.54, 1.807) is 44.7 Å². The number of aromatic nitrogens is 1. The number of likely N-dealkylation sites (tertiary alicyclic amines) is 1. The van der Waals surface area contributed by atoms with Gasteiger partial charge in [-0.1, -0.05) is 0 Å². The second kappa shape index (κ2) is 10.9. The Morgan fingerprint density at radius 3 is 2.65 bits per heavy atom. The van der Waals surface area contributed by atoms with Crippen LogP contribution in [0.3, 0.4) is 0 Å². The Balaban J connectivity index is 1.47. The van der Waals surface area contributed by atoms with Crippen LogP contribution in [-0.4, -0.2) is 61.9 Å². The van der Waals surface area contributed by atoms with Gasteiger partial charge >= 0.3 is 6.03 Å². The quantitative estimate of drug-likeness (QED) is 0.635. The van der Waals surface area contributed by atoms with Gasteiger partial charge < -0.3 is 25.0 Å². The zero-order chi connectivity index (χ0) is 22.2. The number of thioether (sulfide) groups is 1. The zero-order valence-electron chi connectivity index (χ0n) is 18.0. The van der Waals surface area contributed by atoms with Gasteiger partial charge in [0.25, 0.3) is 5.91 Å². The van der Waals surface area contributed by atoms with Crippen LogP contribution in [0.2, 0.25) is 0 Å². The van der Waals surface area contributed by atoms with Crippen molar-refractivity contribution in [3.05, 3.63) is 42.1 Å². The van der Waals surface area contributed by atoms with Crippen LogP contribution in [0, 0.1) is 5.92 Å². The smallest absolute Gasteiger partial charge is 0.319 e. The zero-order valence-corrected chi connectivity index (χ0v) is 18.8. The summed E-state index contributed by atoms with van der Waals surface area (Å²) in [4.78, 5) is 31.3. The van der Waals surface area contributed by atoms with Gasteiger partial charge in [-0.3, -0.25) is 4.79 Å². The molecule has 0 bridgehead atoms. The number of ether oxygens (including phenoxy) is 2. The normalized spacial score (nSPS) is 14.1. The molecule has 9 heteroatoms. The minimum absolute atomic E-state index is 0.0215. The lowest BCUT2D eigenvalue weighted by molar-refractivity contribution is 0.0686. The van der Waals surface area contributed by atoms with Gasteiger partial charge in [0, 0.05) is 31.9 Å². The van der Waals surface area contributed by atoms with Crippen LogP contribution in [0.1, 0.15) is 23.2 Å². The molecule has 3 amide bonds. The first-order valence-electron chi connectivity index (χ1n) is 10.1. The molecule has 31 heavy (non-hydrogen) atoms. The van der Waals surface area contributed by atoms with Crippen molar-refractivity contribution in [2.24, 2.45) is 5.92 Å². The number of nitrogens with one attached hydrogen (secondary N) is 2. The summed E-state index contributed by atoms with van der Waals surface area (Å²) in [6.45, 7) is 1.89. The second-order valence-corrected chi connectivity index (χ2v) is 7.99. The van der Waals surface area contributed by atoms with Crippen molar-refractivity contribution in [1.29, 1.82) is 0 Å². The van der Waals surface area contributed by atoms with Crippen LogP contribution < -0.4 is 20.1 Å². The van der Waals surface area contributed by atoms with Crippen LogP contribution in [0.4, 0.5) is 10.5 Å². The summed E-state index contributed by atoms with van der Waals surface area (Å²) in [5.74, 6) is 1.52. The SMILES string of the molecule is COc1ccc(NC(=O)NCC2CCN(C(=O)c3cccnc3SC)CC2)c(OC)c1. The molecule has 0 aliphatic carbocycles. The van der Waals surface area contributed by atoms with E-state index in [-0.39, 0.29) is 11.9 Å². The summed E-state index contributed by atoms with van der Waals surface area (Å²) in [7, 11) is 3.12. The summed E-state index contributed by atoms with van der Waals surface area (Å²) in [6, 6.07) is 8.54. The van der Waals surface area contributed by atoms with Crippen molar-refractivity contribution < 1.29 is 19.1 Å². The molecule has 8 nitrogen and oxygen atoms in total. The van der Waals surface area contributed by atoms with Crippen molar-refractivity contribution in [2.75, 3.05) is 45.4 Å². The standard InChI is InChI=1S/C22H28N4O4S/c1-29-16-6-7-18(19(13-16)30-2)25-22(28)24-14-15-8-11-26(12-9-15)21(27)17-5-4-10-23-20(17)31-3/h4-7,10,13,15H,8-9,11-12,14H2,1-3H3,(H2,24,25,28). The number of hydrogen-bond donors (Lipinski definition) is 2. The van der Waals surface area contributed by atoms with Gasteiger partial charge in [-0.2, -0.15) is 0 Å². The number of hydrogen-bond acceptors (Lipinski definition) is 6. The number of rotatable bonds is 7. The highest BCUT2D eigenvalue weighted by molar-refractivity contribution is 7.98. The molecule has 2 aromatic rings. The van der Waals surface area contributed by atoms with Gasteiger partial charge in [0.15, 0.2) is 0 Å². The Hall–Kier alpha value is -2.94. The second-order valence-electron chi connectivity index (χ2n) is 7.20. The highest BCUT2D eigenvalue weighted by atomic mass is 32.2. The van der Waals surface area contributed by atoms with Crippen molar-refractivity contribution in [3.63, 3.8) is 0 Å². The summed E-state index contributed by atoms with van der Waals surface area (Å²) in [6.07, 6.45) is 5.30. The molecule has 1 saturated heterocycles. The van der Waals surface area contributed by atoms with E-state index >= 15 is 0 Å². The predicted octanol–water partition coefficient (Wildman–Crippen LogP) is 3.49. The number of nitrogens with zero attached hydrogens (tertiary/aromatic N) is 2. The molecule has 1 aliphatic heterocycles. The summed E-state index contributed by atoms with van der Waals surface area (Å²) >= 11 is 1.48. The first-order chi connectivity index (χ1) is 15.0. The number of pyridine rings is 1. The molecule has 166 valence electrons. The maximum atomic E-state index is 12.8. The third kappa shape index (κ3) is 5.81. The fourth-order valence-electron chi connectivity index (χ4n) is 3.53. The molecule has 0 spiro atoms. The van der Waals surface area contributed by atoms with Crippen LogP contribution >= 0.6 is 11.8 Å². The van der Waals surface area contributed by atoms with E-state index in [0.29, 0.717) is 48.3 Å². The number of benzene rings is 1. The molecule has 0 saturated carbocycles. The number of carbonyl (C=O) groups excluding carboxylic acids is 2. The van der Waals surface area contributed by atoms with E-state index in [9.17, 15) is 9.59 Å². The van der Waals surface area contributed by atoms with Crippen molar-refractivity contribution in [2.45, 2.75) is 17.9 Å². The molecule has 2 N–H and O–H groups in total. The first kappa shape index (κ1) is 22.7. The van der Waals surface area contributed by atoms with Gasteiger partial charge in [0.05, 0.1) is 25.5 Å². The van der Waals surface area contributed by atoms with Crippen LogP contribution in [0.25, 0.3) is 0 Å². The number of methoxy groups -OCH3 is 2. The third-order valence-corrected chi connectivity index (χ3v) is 6.02. The Morgan fingerprint density at radius 1 is 1.19 bits per heavy atom. The van der Waals surface area contributed by atoms with Gasteiger partial charge in [-0.05, 0) is 49.3 Å². The lowest BCUT2D eigenvalue weighted by Gasteiger charge is -2.32. The van der Waals surface area contributed by atoms with Crippen LogP contribution in [0.5, 0.6) is 11.5 Å². The molecule has 0 radical (unpaired) electrons. The lowest BCUT2D eigenvalue weighted by Crippen LogP contribution is -2.42. The topological polar surface area (TPSA) is 92.8 Å². The Kier molecular flexibility index (Phi) is 8.00. The van der Waals surface area contributed by atoms with Gasteiger partial charge in [-0.15, -0.1) is 11.8 Å². The van der Waals surface area contributed by atoms with E-state index in [2.05, 4.69) is 15.6 Å². The third-order valence-electron chi connectivity index (χ3n) is 5.30. The molecule has 1 fully saturated rings. The number of amides is 3. The van der Waals surface area contributed by atoms with Crippen LogP contribution in [0.15, 0.2) is 41.6 Å². The molecule has 1 aromatic carbocycles. The van der Waals surface area contributed by atoms with Gasteiger partial charge in [0.1, 0.15) is 16.5 Å². The fraction of sp³-hybridized carbons (Fsp3) is 0.409. The largest absolute Gasteiger partial charge is 0.497 e. The molecule has 1 aromatic heterocycles. The van der Waals surface area contributed by atoms with E-state index in [4.69, 9.17) is 9.47 Å². The van der Waals surface area contributed by atoms with E-state index in [1.807, 2.05) is 17.2 Å². The van der Waals surface area contributed by atoms with E-state index in [0.717, 1.165) is 17.9 Å². The van der Waals surface area contributed by atoms with Crippen molar-refractivity contribution in [1.82, 2.24) is 15.2 Å². The molecule has 1 aliphatic rings. The first-order valence-corrected chi connectivity index (χ1v) is 11.3. The summed E-state index contributed by atoms with van der Waals surface area (Å²) in [5, 5.41) is 6.48. The minimum atomic E-state index is -0.290. The number of urea groups is 1. The number of carbonyl (C=O) groups is 2. The maximum Gasteiger partial charge on any atom is 0.319 e. The van der Waals surface area contributed by atoms with Crippen molar-refractivity contribution in [3.8, 4) is 11.5 Å². The highest BCUT2D eigenvalue weighted by Crippen LogP contribution is 2.29. The number of anilines is 1. The monoisotopic (exact) mass is 444 g/mol. The Labute approximate surface area is 186 Å². The molecule has 0 atom stereocenters. The van der Waals surface area contributed by atoms with Gasteiger partial charge in [-0.25, -0.2) is 9.78 Å². The van der Waals surface area contributed by atoms with Gasteiger partial charge in [0.2, 0.25) is 0 Å². The molecule has 3 rings (SSSR count). The van der Waals surface area contributed by atoms with Crippen molar-refractivity contribution >= 4 is 29.4 Å². The van der Waals surface area contributed by atoms with Crippen LogP contribution in [-0.2, 0) is 0 Å². The van der Waals surface area contributed by atoms with E-state index < -0.39 is 0 Å². The molecule has 2 heterocycles. The average molecular weight is 445 g/mol. The summed E-state index contributed by atoms with van der Waals surface area (Å²) in [5.41, 5.74) is 1.22. The molecular formula is C22H28N4O4S. The Morgan fingerprint density at radius 2 is 1.97 bits per heavy atom. The fourth-order valence-corrected chi connectivity index (χ4v) is 4.07.